The maximum atomic E-state index is 9.42. The summed E-state index contributed by atoms with van der Waals surface area (Å²) in [5.41, 5.74) is 5.61. The molecule has 4 heteroatoms. The fourth-order valence-electron chi connectivity index (χ4n) is 1.70. The normalized spacial score (nSPS) is 17.6. The average molecular weight is 214 g/mol. The molecule has 4 nitrogen and oxygen atoms in total. The fourth-order valence-corrected chi connectivity index (χ4v) is 1.70. The monoisotopic (exact) mass is 214 g/mol. The van der Waals surface area contributed by atoms with Crippen LogP contribution < -0.4 is 5.48 Å². The summed E-state index contributed by atoms with van der Waals surface area (Å²) in [7, 11) is 0. The summed E-state index contributed by atoms with van der Waals surface area (Å²) >= 11 is 0. The van der Waals surface area contributed by atoms with E-state index >= 15 is 0 Å². The molecule has 0 saturated heterocycles. The van der Waals surface area contributed by atoms with Gasteiger partial charge in [0.1, 0.15) is 5.75 Å². The quantitative estimate of drug-likeness (QED) is 0.749. The Balaban J connectivity index is 1.99. The molecule has 0 amide bonds. The van der Waals surface area contributed by atoms with Gasteiger partial charge >= 0.3 is 0 Å². The van der Waals surface area contributed by atoms with Crippen LogP contribution in [0.15, 0.2) is 54.5 Å². The second-order valence-electron chi connectivity index (χ2n) is 3.57. The molecule has 2 aliphatic rings. The zero-order chi connectivity index (χ0) is 11.0. The van der Waals surface area contributed by atoms with Gasteiger partial charge in [-0.25, -0.2) is 10.5 Å². The second kappa shape index (κ2) is 3.43. The minimum atomic E-state index is 0.268. The summed E-state index contributed by atoms with van der Waals surface area (Å²) in [4.78, 5) is 5.07. The Labute approximate surface area is 92.7 Å². The van der Waals surface area contributed by atoms with Crippen molar-refractivity contribution in [3.8, 4) is 5.75 Å². The first-order valence-corrected chi connectivity index (χ1v) is 4.94. The molecule has 1 aromatic rings. The molecule has 0 unspecified atom stereocenters. The maximum Gasteiger partial charge on any atom is 0.116 e. The van der Waals surface area contributed by atoms with Gasteiger partial charge < -0.3 is 5.11 Å². The summed E-state index contributed by atoms with van der Waals surface area (Å²) in [5.74, 6) is 0.268. The first-order chi connectivity index (χ1) is 7.83. The van der Waals surface area contributed by atoms with Gasteiger partial charge in [0, 0.05) is 6.20 Å². The van der Waals surface area contributed by atoms with Crippen molar-refractivity contribution in [2.75, 3.05) is 0 Å². The number of fused-ring (bicyclic) bond motifs is 1. The molecule has 2 N–H and O–H groups in total. The average Bonchev–Trinajstić information content (AvgIpc) is 2.75. The van der Waals surface area contributed by atoms with Crippen LogP contribution in [-0.2, 0) is 4.94 Å². The van der Waals surface area contributed by atoms with Crippen LogP contribution in [0.1, 0.15) is 5.56 Å². The molecule has 16 heavy (non-hydrogen) atoms. The minimum Gasteiger partial charge on any atom is -0.508 e. The van der Waals surface area contributed by atoms with Crippen molar-refractivity contribution in [1.29, 1.82) is 0 Å². The van der Waals surface area contributed by atoms with E-state index in [1.165, 1.54) is 0 Å². The highest BCUT2D eigenvalue weighted by molar-refractivity contribution is 5.77. The smallest absolute Gasteiger partial charge is 0.116 e. The highest BCUT2D eigenvalue weighted by atomic mass is 16.8. The predicted molar refractivity (Wildman–Crippen MR) is 59.4 cm³/mol. The lowest BCUT2D eigenvalue weighted by Gasteiger charge is -2.17. The molecule has 2 heterocycles. The van der Waals surface area contributed by atoms with E-state index in [2.05, 4.69) is 5.48 Å². The van der Waals surface area contributed by atoms with Crippen LogP contribution in [0.5, 0.6) is 5.75 Å². The number of phenols is 1. The van der Waals surface area contributed by atoms with Crippen LogP contribution in [0.25, 0.3) is 5.57 Å². The van der Waals surface area contributed by atoms with Crippen LogP contribution in [-0.4, -0.2) is 10.2 Å². The number of hydroxylamine groups is 3. The number of allylic oxidation sites excluding steroid dienone is 3. The van der Waals surface area contributed by atoms with Gasteiger partial charge in [0.15, 0.2) is 0 Å². The van der Waals surface area contributed by atoms with Crippen molar-refractivity contribution < 1.29 is 10.0 Å². The first kappa shape index (κ1) is 9.06. The SMILES string of the molecule is Oc1cccc(C2=CC3=CNON3C=C2)c1. The summed E-state index contributed by atoms with van der Waals surface area (Å²) in [6.07, 6.45) is 7.51. The number of phenolic OH excluding ortho intramolecular Hbond substituents is 1. The molecule has 0 fully saturated rings. The number of nitrogens with zero attached hydrogens (tertiary/aromatic N) is 1. The van der Waals surface area contributed by atoms with Crippen molar-refractivity contribution in [1.82, 2.24) is 10.5 Å². The Bertz CT molecular complexity index is 518. The molecule has 0 aromatic heterocycles. The lowest BCUT2D eigenvalue weighted by molar-refractivity contribution is -0.112. The number of aromatic hydroxyl groups is 1. The Morgan fingerprint density at radius 1 is 1.31 bits per heavy atom. The number of rotatable bonds is 1. The fraction of sp³-hybridized carbons (Fsp3) is 0. The summed E-state index contributed by atoms with van der Waals surface area (Å²) in [6, 6.07) is 7.16. The van der Waals surface area contributed by atoms with Gasteiger partial charge in [0.25, 0.3) is 0 Å². The van der Waals surface area contributed by atoms with E-state index in [1.54, 1.807) is 23.4 Å². The van der Waals surface area contributed by atoms with Gasteiger partial charge in [-0.1, -0.05) is 12.1 Å². The van der Waals surface area contributed by atoms with Crippen molar-refractivity contribution in [3.63, 3.8) is 0 Å². The van der Waals surface area contributed by atoms with Crippen LogP contribution in [0.2, 0.25) is 0 Å². The Morgan fingerprint density at radius 3 is 3.12 bits per heavy atom. The van der Waals surface area contributed by atoms with E-state index in [1.807, 2.05) is 30.5 Å². The van der Waals surface area contributed by atoms with Crippen molar-refractivity contribution in [2.24, 2.45) is 0 Å². The van der Waals surface area contributed by atoms with Gasteiger partial charge in [-0.3, -0.25) is 0 Å². The third kappa shape index (κ3) is 1.45. The third-order valence-electron chi connectivity index (χ3n) is 2.48. The van der Waals surface area contributed by atoms with E-state index in [9.17, 15) is 5.11 Å². The molecule has 0 saturated carbocycles. The third-order valence-corrected chi connectivity index (χ3v) is 2.48. The van der Waals surface area contributed by atoms with E-state index < -0.39 is 0 Å². The number of benzene rings is 1. The standard InChI is InChI=1S/C12H10N2O2/c15-12-3-1-2-9(7-12)10-4-5-14-11(6-10)8-13-16-14/h1-8,13,15H. The van der Waals surface area contributed by atoms with Gasteiger partial charge in [-0.2, -0.15) is 4.94 Å². The molecule has 0 bridgehead atoms. The topological polar surface area (TPSA) is 44.7 Å². The van der Waals surface area contributed by atoms with Gasteiger partial charge in [0.05, 0.1) is 11.9 Å². The van der Waals surface area contributed by atoms with Gasteiger partial charge in [0.2, 0.25) is 0 Å². The molecule has 0 radical (unpaired) electrons. The largest absolute Gasteiger partial charge is 0.508 e. The predicted octanol–water partition coefficient (Wildman–Crippen LogP) is 1.90. The number of hydrogen-bond donors (Lipinski definition) is 2. The highest BCUT2D eigenvalue weighted by Gasteiger charge is 2.16. The molecule has 1 aromatic carbocycles. The lowest BCUT2D eigenvalue weighted by Crippen LogP contribution is -2.15. The molecule has 0 atom stereocenters. The van der Waals surface area contributed by atoms with E-state index in [-0.39, 0.29) is 5.75 Å². The summed E-state index contributed by atoms with van der Waals surface area (Å²) in [5, 5.41) is 11.0. The van der Waals surface area contributed by atoms with Crippen LogP contribution in [0.3, 0.4) is 0 Å². The first-order valence-electron chi connectivity index (χ1n) is 4.94. The zero-order valence-electron chi connectivity index (χ0n) is 8.42. The molecule has 2 aliphatic heterocycles. The Kier molecular flexibility index (Phi) is 1.94. The second-order valence-corrected chi connectivity index (χ2v) is 3.57. The van der Waals surface area contributed by atoms with Crippen LogP contribution in [0, 0.1) is 0 Å². The number of nitrogens with one attached hydrogen (secondary N) is 1. The molecule has 3 rings (SSSR count). The molecule has 0 spiro atoms. The van der Waals surface area contributed by atoms with Crippen LogP contribution in [0.4, 0.5) is 0 Å². The van der Waals surface area contributed by atoms with Gasteiger partial charge in [-0.05, 0) is 35.4 Å². The Morgan fingerprint density at radius 2 is 2.25 bits per heavy atom. The summed E-state index contributed by atoms with van der Waals surface area (Å²) in [6.45, 7) is 0. The molecular weight excluding hydrogens is 204 g/mol. The van der Waals surface area contributed by atoms with Gasteiger partial charge in [-0.15, -0.1) is 0 Å². The summed E-state index contributed by atoms with van der Waals surface area (Å²) < 4.78 is 0. The molecular formula is C12H10N2O2. The Hall–Kier alpha value is -2.20. The maximum absolute atomic E-state index is 9.42. The van der Waals surface area contributed by atoms with Crippen molar-refractivity contribution in [2.45, 2.75) is 0 Å². The minimum absolute atomic E-state index is 0.268. The molecule has 80 valence electrons. The molecule has 0 aliphatic carbocycles. The van der Waals surface area contributed by atoms with Crippen molar-refractivity contribution in [3.05, 3.63) is 60.1 Å². The van der Waals surface area contributed by atoms with E-state index in [0.29, 0.717) is 0 Å². The van der Waals surface area contributed by atoms with Crippen molar-refractivity contribution >= 4 is 5.57 Å². The van der Waals surface area contributed by atoms with E-state index in [0.717, 1.165) is 16.8 Å². The highest BCUT2D eigenvalue weighted by Crippen LogP contribution is 2.27. The zero-order valence-corrected chi connectivity index (χ0v) is 8.42. The van der Waals surface area contributed by atoms with E-state index in [4.69, 9.17) is 4.94 Å². The van der Waals surface area contributed by atoms with Crippen LogP contribution >= 0.6 is 0 Å². The lowest BCUT2D eigenvalue weighted by atomic mass is 10.0. The number of hydrogen-bond acceptors (Lipinski definition) is 4.